The zero-order valence-corrected chi connectivity index (χ0v) is 10.2. The van der Waals surface area contributed by atoms with Gasteiger partial charge in [0.2, 0.25) is 0 Å². The molecule has 0 radical (unpaired) electrons. The van der Waals surface area contributed by atoms with Gasteiger partial charge in [0.1, 0.15) is 5.82 Å². The normalized spacial score (nSPS) is 16.9. The molecule has 1 aromatic rings. The molecule has 1 aliphatic rings. The number of hydrogen-bond acceptors (Lipinski definition) is 4. The highest BCUT2D eigenvalue weighted by Crippen LogP contribution is 2.19. The summed E-state index contributed by atoms with van der Waals surface area (Å²) in [5.41, 5.74) is 1.00. The summed E-state index contributed by atoms with van der Waals surface area (Å²) >= 11 is 0. The van der Waals surface area contributed by atoms with Crippen molar-refractivity contribution in [1.29, 1.82) is 0 Å². The Morgan fingerprint density at radius 2 is 2.12 bits per heavy atom. The first-order chi connectivity index (χ1) is 7.66. The molecule has 0 aliphatic carbocycles. The second-order valence-corrected chi connectivity index (χ2v) is 4.52. The molecule has 0 N–H and O–H groups in total. The van der Waals surface area contributed by atoms with E-state index in [1.165, 1.54) is 6.42 Å². The second-order valence-electron chi connectivity index (χ2n) is 4.52. The molecule has 88 valence electrons. The maximum absolute atomic E-state index is 5.60. The van der Waals surface area contributed by atoms with E-state index in [2.05, 4.69) is 23.8 Å². The van der Waals surface area contributed by atoms with Crippen LogP contribution in [0.5, 0.6) is 0 Å². The van der Waals surface area contributed by atoms with E-state index in [1.54, 1.807) is 0 Å². The fourth-order valence-electron chi connectivity index (χ4n) is 1.74. The molecule has 1 aromatic heterocycles. The Morgan fingerprint density at radius 1 is 1.31 bits per heavy atom. The van der Waals surface area contributed by atoms with E-state index >= 15 is 0 Å². The van der Waals surface area contributed by atoms with Gasteiger partial charge in [-0.25, -0.2) is 15.0 Å². The van der Waals surface area contributed by atoms with Gasteiger partial charge in [-0.2, -0.15) is 0 Å². The van der Waals surface area contributed by atoms with Crippen molar-refractivity contribution >= 4 is 5.82 Å². The minimum absolute atomic E-state index is 0.350. The van der Waals surface area contributed by atoms with Crippen molar-refractivity contribution in [3.8, 4) is 0 Å². The van der Waals surface area contributed by atoms with Gasteiger partial charge in [0.15, 0.2) is 5.82 Å². The molecular formula is C12H19N3O. The monoisotopic (exact) mass is 221 g/mol. The summed E-state index contributed by atoms with van der Waals surface area (Å²) in [5.74, 6) is 2.14. The number of hydrogen-bond donors (Lipinski definition) is 0. The molecule has 0 spiro atoms. The van der Waals surface area contributed by atoms with Crippen molar-refractivity contribution in [1.82, 2.24) is 9.97 Å². The summed E-state index contributed by atoms with van der Waals surface area (Å²) < 4.78 is 0. The molecule has 0 bridgehead atoms. The van der Waals surface area contributed by atoms with E-state index < -0.39 is 0 Å². The topological polar surface area (TPSA) is 38.2 Å². The summed E-state index contributed by atoms with van der Waals surface area (Å²) in [7, 11) is 0. The van der Waals surface area contributed by atoms with Crippen LogP contribution in [0.2, 0.25) is 0 Å². The summed E-state index contributed by atoms with van der Waals surface area (Å²) in [4.78, 5) is 14.6. The Labute approximate surface area is 96.6 Å². The van der Waals surface area contributed by atoms with Gasteiger partial charge in [0.25, 0.3) is 0 Å². The Balaban J connectivity index is 2.25. The first-order valence-electron chi connectivity index (χ1n) is 5.93. The predicted molar refractivity (Wildman–Crippen MR) is 63.4 cm³/mol. The van der Waals surface area contributed by atoms with Gasteiger partial charge >= 0.3 is 0 Å². The van der Waals surface area contributed by atoms with Crippen molar-refractivity contribution < 1.29 is 4.84 Å². The lowest BCUT2D eigenvalue weighted by atomic mass is 10.2. The number of nitrogens with zero attached hydrogens (tertiary/aromatic N) is 3. The van der Waals surface area contributed by atoms with Gasteiger partial charge in [0, 0.05) is 24.2 Å². The number of aryl methyl sites for hydroxylation is 1. The molecule has 1 saturated heterocycles. The molecule has 16 heavy (non-hydrogen) atoms. The molecule has 0 amide bonds. The zero-order chi connectivity index (χ0) is 11.5. The minimum Gasteiger partial charge on any atom is -0.272 e. The van der Waals surface area contributed by atoms with Crippen LogP contribution in [0.4, 0.5) is 5.82 Å². The minimum atomic E-state index is 0.350. The van der Waals surface area contributed by atoms with Crippen LogP contribution < -0.4 is 5.06 Å². The summed E-state index contributed by atoms with van der Waals surface area (Å²) in [5, 5.41) is 1.89. The third kappa shape index (κ3) is 2.50. The second kappa shape index (κ2) is 4.78. The Morgan fingerprint density at radius 3 is 2.75 bits per heavy atom. The highest BCUT2D eigenvalue weighted by atomic mass is 16.7. The van der Waals surface area contributed by atoms with Crippen molar-refractivity contribution in [3.05, 3.63) is 17.6 Å². The number of hydroxylamine groups is 1. The smallest absolute Gasteiger partial charge is 0.156 e. The molecule has 1 aliphatic heterocycles. The molecule has 4 heteroatoms. The number of aromatic nitrogens is 2. The van der Waals surface area contributed by atoms with E-state index in [-0.39, 0.29) is 0 Å². The maximum atomic E-state index is 5.60. The van der Waals surface area contributed by atoms with Crippen LogP contribution in [0.25, 0.3) is 0 Å². The summed E-state index contributed by atoms with van der Waals surface area (Å²) in [6, 6.07) is 1.98. The van der Waals surface area contributed by atoms with Gasteiger partial charge in [-0.1, -0.05) is 13.8 Å². The fraction of sp³-hybridized carbons (Fsp3) is 0.667. The van der Waals surface area contributed by atoms with E-state index in [0.717, 1.165) is 36.9 Å². The summed E-state index contributed by atoms with van der Waals surface area (Å²) in [6.07, 6.45) is 2.30. The van der Waals surface area contributed by atoms with Crippen molar-refractivity contribution in [2.75, 3.05) is 18.2 Å². The third-order valence-corrected chi connectivity index (χ3v) is 2.63. The standard InChI is InChI=1S/C12H19N3O/c1-9(2)12-13-10(3)8-11(14-12)15-6-4-5-7-16-15/h8-9H,4-7H2,1-3H3. The van der Waals surface area contributed by atoms with Crippen LogP contribution in [-0.2, 0) is 4.84 Å². The molecule has 0 saturated carbocycles. The molecule has 0 aromatic carbocycles. The SMILES string of the molecule is Cc1cc(N2CCCCO2)nc(C(C)C)n1. The van der Waals surface area contributed by atoms with Crippen molar-refractivity contribution in [3.63, 3.8) is 0 Å². The predicted octanol–water partition coefficient (Wildman–Crippen LogP) is 2.44. The molecule has 0 unspecified atom stereocenters. The first kappa shape index (κ1) is 11.3. The van der Waals surface area contributed by atoms with Crippen molar-refractivity contribution in [2.45, 2.75) is 39.5 Å². The molecule has 2 heterocycles. The summed E-state index contributed by atoms with van der Waals surface area (Å²) in [6.45, 7) is 7.93. The molecule has 1 fully saturated rings. The lowest BCUT2D eigenvalue weighted by molar-refractivity contribution is 0.0759. The number of anilines is 1. The molecule has 0 atom stereocenters. The van der Waals surface area contributed by atoms with Crippen LogP contribution in [0.15, 0.2) is 6.07 Å². The fourth-order valence-corrected chi connectivity index (χ4v) is 1.74. The third-order valence-electron chi connectivity index (χ3n) is 2.63. The van der Waals surface area contributed by atoms with Crippen molar-refractivity contribution in [2.24, 2.45) is 0 Å². The molecule has 4 nitrogen and oxygen atoms in total. The highest BCUT2D eigenvalue weighted by Gasteiger charge is 2.15. The quantitative estimate of drug-likeness (QED) is 0.768. The Kier molecular flexibility index (Phi) is 3.39. The lowest BCUT2D eigenvalue weighted by Crippen LogP contribution is -2.31. The van der Waals surface area contributed by atoms with E-state index in [0.29, 0.717) is 5.92 Å². The van der Waals surface area contributed by atoms with Crippen LogP contribution >= 0.6 is 0 Å². The van der Waals surface area contributed by atoms with Crippen LogP contribution in [0.3, 0.4) is 0 Å². The highest BCUT2D eigenvalue weighted by molar-refractivity contribution is 5.37. The molecular weight excluding hydrogens is 202 g/mol. The van der Waals surface area contributed by atoms with Crippen LogP contribution in [0, 0.1) is 6.92 Å². The van der Waals surface area contributed by atoms with Gasteiger partial charge in [-0.05, 0) is 19.8 Å². The first-order valence-corrected chi connectivity index (χ1v) is 5.93. The van der Waals surface area contributed by atoms with Gasteiger partial charge in [-0.3, -0.25) is 4.84 Å². The maximum Gasteiger partial charge on any atom is 0.156 e. The van der Waals surface area contributed by atoms with Crippen LogP contribution in [0.1, 0.15) is 44.1 Å². The molecule has 2 rings (SSSR count). The number of rotatable bonds is 2. The zero-order valence-electron chi connectivity index (χ0n) is 10.2. The Hall–Kier alpha value is -1.16. The van der Waals surface area contributed by atoms with E-state index in [9.17, 15) is 0 Å². The van der Waals surface area contributed by atoms with Gasteiger partial charge in [-0.15, -0.1) is 0 Å². The van der Waals surface area contributed by atoms with E-state index in [4.69, 9.17) is 4.84 Å². The largest absolute Gasteiger partial charge is 0.272 e. The van der Waals surface area contributed by atoms with Crippen LogP contribution in [-0.4, -0.2) is 23.1 Å². The average Bonchev–Trinajstić information content (AvgIpc) is 2.29. The average molecular weight is 221 g/mol. The van der Waals surface area contributed by atoms with Gasteiger partial charge < -0.3 is 0 Å². The van der Waals surface area contributed by atoms with E-state index in [1.807, 2.05) is 18.1 Å². The van der Waals surface area contributed by atoms with Gasteiger partial charge in [0.05, 0.1) is 6.61 Å². The Bertz CT molecular complexity index is 359. The lowest BCUT2D eigenvalue weighted by Gasteiger charge is -2.27.